The van der Waals surface area contributed by atoms with Crippen molar-refractivity contribution >= 4 is 0 Å². The zero-order valence-electron chi connectivity index (χ0n) is 12.6. The molecule has 0 heterocycles. The molecule has 0 rings (SSSR count). The lowest BCUT2D eigenvalue weighted by Gasteiger charge is -2.04. The van der Waals surface area contributed by atoms with Crippen molar-refractivity contribution in [3.63, 3.8) is 0 Å². The van der Waals surface area contributed by atoms with Crippen molar-refractivity contribution in [2.75, 3.05) is 19.8 Å². The summed E-state index contributed by atoms with van der Waals surface area (Å²) in [6.45, 7) is 4.91. The molecule has 0 fully saturated rings. The molecule has 0 amide bonds. The molecule has 2 nitrogen and oxygen atoms in total. The smallest absolute Gasteiger partial charge is 0.0466 e. The molecule has 0 radical (unpaired) electrons. The third-order valence-electron chi connectivity index (χ3n) is 3.39. The van der Waals surface area contributed by atoms with Crippen LogP contribution in [0.15, 0.2) is 0 Å². The third kappa shape index (κ3) is 15.9. The van der Waals surface area contributed by atoms with E-state index in [9.17, 15) is 0 Å². The van der Waals surface area contributed by atoms with Crippen molar-refractivity contribution in [2.45, 2.75) is 84.0 Å². The van der Waals surface area contributed by atoms with Gasteiger partial charge in [0, 0.05) is 13.2 Å². The maximum absolute atomic E-state index is 5.55. The van der Waals surface area contributed by atoms with Gasteiger partial charge in [-0.25, -0.2) is 0 Å². The standard InChI is InChI=1S/C16H35NO/c1-2-3-4-5-6-7-8-9-10-12-15-18-16-13-11-14-17/h2-17H2,1H3. The Hall–Kier alpha value is -0.0800. The van der Waals surface area contributed by atoms with E-state index < -0.39 is 0 Å². The largest absolute Gasteiger partial charge is 0.381 e. The van der Waals surface area contributed by atoms with Gasteiger partial charge in [-0.2, -0.15) is 0 Å². The predicted octanol–water partition coefficient (Wildman–Crippen LogP) is 4.66. The van der Waals surface area contributed by atoms with Gasteiger partial charge >= 0.3 is 0 Å². The number of ether oxygens (including phenoxy) is 1. The minimum atomic E-state index is 0.793. The maximum Gasteiger partial charge on any atom is 0.0466 e. The van der Waals surface area contributed by atoms with Crippen LogP contribution in [0.4, 0.5) is 0 Å². The number of nitrogens with two attached hydrogens (primary N) is 1. The van der Waals surface area contributed by atoms with Crippen molar-refractivity contribution in [3.05, 3.63) is 0 Å². The van der Waals surface area contributed by atoms with Crippen LogP contribution in [0.2, 0.25) is 0 Å². The van der Waals surface area contributed by atoms with Crippen molar-refractivity contribution < 1.29 is 4.74 Å². The number of rotatable bonds is 15. The minimum Gasteiger partial charge on any atom is -0.381 e. The van der Waals surface area contributed by atoms with E-state index in [0.29, 0.717) is 0 Å². The second-order valence-corrected chi connectivity index (χ2v) is 5.29. The number of unbranched alkanes of at least 4 members (excludes halogenated alkanes) is 10. The Bertz CT molecular complexity index is 123. The van der Waals surface area contributed by atoms with Crippen LogP contribution in [0.25, 0.3) is 0 Å². The molecule has 0 aliphatic heterocycles. The molecule has 2 heteroatoms. The van der Waals surface area contributed by atoms with Crippen LogP contribution in [-0.4, -0.2) is 19.8 Å². The zero-order valence-corrected chi connectivity index (χ0v) is 12.6. The molecule has 0 saturated heterocycles. The van der Waals surface area contributed by atoms with E-state index in [1.54, 1.807) is 0 Å². The van der Waals surface area contributed by atoms with Gasteiger partial charge in [-0.15, -0.1) is 0 Å². The highest BCUT2D eigenvalue weighted by Crippen LogP contribution is 2.10. The highest BCUT2D eigenvalue weighted by atomic mass is 16.5. The Balaban J connectivity index is 2.86. The molecular weight excluding hydrogens is 222 g/mol. The van der Waals surface area contributed by atoms with Gasteiger partial charge in [-0.1, -0.05) is 64.7 Å². The van der Waals surface area contributed by atoms with Gasteiger partial charge in [0.2, 0.25) is 0 Å². The summed E-state index contributed by atoms with van der Waals surface area (Å²) in [6, 6.07) is 0. The fourth-order valence-electron chi connectivity index (χ4n) is 2.14. The Kier molecular flexibility index (Phi) is 16.8. The molecule has 18 heavy (non-hydrogen) atoms. The van der Waals surface area contributed by atoms with Crippen LogP contribution < -0.4 is 5.73 Å². The Morgan fingerprint density at radius 2 is 1.06 bits per heavy atom. The average Bonchev–Trinajstić information content (AvgIpc) is 2.39. The second kappa shape index (κ2) is 16.9. The minimum absolute atomic E-state index is 0.793. The van der Waals surface area contributed by atoms with E-state index >= 15 is 0 Å². The summed E-state index contributed by atoms with van der Waals surface area (Å²) in [5.74, 6) is 0. The van der Waals surface area contributed by atoms with Crippen LogP contribution in [0.3, 0.4) is 0 Å². The fraction of sp³-hybridized carbons (Fsp3) is 1.00. The second-order valence-electron chi connectivity index (χ2n) is 5.29. The topological polar surface area (TPSA) is 35.2 Å². The molecule has 0 saturated carbocycles. The molecule has 0 aliphatic rings. The summed E-state index contributed by atoms with van der Waals surface area (Å²) in [6.07, 6.45) is 16.1. The summed E-state index contributed by atoms with van der Waals surface area (Å²) in [5.41, 5.74) is 5.42. The Morgan fingerprint density at radius 3 is 1.56 bits per heavy atom. The molecule has 110 valence electrons. The summed E-state index contributed by atoms with van der Waals surface area (Å²) in [5, 5.41) is 0. The van der Waals surface area contributed by atoms with Gasteiger partial charge in [0.1, 0.15) is 0 Å². The highest BCUT2D eigenvalue weighted by Gasteiger charge is 1.93. The van der Waals surface area contributed by atoms with E-state index in [-0.39, 0.29) is 0 Å². The van der Waals surface area contributed by atoms with E-state index in [1.165, 1.54) is 64.2 Å². The molecule has 0 aromatic carbocycles. The maximum atomic E-state index is 5.55. The highest BCUT2D eigenvalue weighted by molar-refractivity contribution is 4.47. The van der Waals surface area contributed by atoms with Crippen molar-refractivity contribution in [1.82, 2.24) is 0 Å². The van der Waals surface area contributed by atoms with Crippen LogP contribution >= 0.6 is 0 Å². The molecule has 0 spiro atoms. The lowest BCUT2D eigenvalue weighted by atomic mass is 10.1. The molecule has 2 N–H and O–H groups in total. The van der Waals surface area contributed by atoms with E-state index in [1.807, 2.05) is 0 Å². The lowest BCUT2D eigenvalue weighted by Crippen LogP contribution is -2.02. The SMILES string of the molecule is CCCCCCCCCCCCOCCCCN. The van der Waals surface area contributed by atoms with Crippen molar-refractivity contribution in [2.24, 2.45) is 5.73 Å². The van der Waals surface area contributed by atoms with Gasteiger partial charge < -0.3 is 10.5 Å². The molecule has 0 aliphatic carbocycles. The van der Waals surface area contributed by atoms with E-state index in [4.69, 9.17) is 10.5 Å². The quantitative estimate of drug-likeness (QED) is 0.433. The fourth-order valence-corrected chi connectivity index (χ4v) is 2.14. The molecule has 0 unspecified atom stereocenters. The van der Waals surface area contributed by atoms with Gasteiger partial charge in [0.25, 0.3) is 0 Å². The molecular formula is C16H35NO. The first-order chi connectivity index (χ1) is 8.91. The van der Waals surface area contributed by atoms with Crippen molar-refractivity contribution in [1.29, 1.82) is 0 Å². The van der Waals surface area contributed by atoms with Crippen LogP contribution in [0.1, 0.15) is 84.0 Å². The summed E-state index contributed by atoms with van der Waals surface area (Å²) in [7, 11) is 0. The predicted molar refractivity (Wildman–Crippen MR) is 81.0 cm³/mol. The van der Waals surface area contributed by atoms with Crippen LogP contribution in [0.5, 0.6) is 0 Å². The first-order valence-electron chi connectivity index (χ1n) is 8.19. The Morgan fingerprint density at radius 1 is 0.611 bits per heavy atom. The van der Waals surface area contributed by atoms with Gasteiger partial charge in [-0.3, -0.25) is 0 Å². The summed E-state index contributed by atoms with van der Waals surface area (Å²) in [4.78, 5) is 0. The lowest BCUT2D eigenvalue weighted by molar-refractivity contribution is 0.126. The van der Waals surface area contributed by atoms with E-state index in [2.05, 4.69) is 6.92 Å². The molecule has 0 bridgehead atoms. The molecule has 0 aromatic rings. The summed E-state index contributed by atoms with van der Waals surface area (Å²) >= 11 is 0. The van der Waals surface area contributed by atoms with Gasteiger partial charge in [0.15, 0.2) is 0 Å². The van der Waals surface area contributed by atoms with E-state index in [0.717, 1.165) is 32.6 Å². The van der Waals surface area contributed by atoms with Gasteiger partial charge in [0.05, 0.1) is 0 Å². The molecule has 0 atom stereocenters. The summed E-state index contributed by atoms with van der Waals surface area (Å²) < 4.78 is 5.55. The first kappa shape index (κ1) is 17.9. The van der Waals surface area contributed by atoms with Gasteiger partial charge in [-0.05, 0) is 25.8 Å². The van der Waals surface area contributed by atoms with Crippen LogP contribution in [0, 0.1) is 0 Å². The number of hydrogen-bond donors (Lipinski definition) is 1. The zero-order chi connectivity index (χ0) is 13.3. The third-order valence-corrected chi connectivity index (χ3v) is 3.39. The monoisotopic (exact) mass is 257 g/mol. The normalized spacial score (nSPS) is 11.0. The molecule has 0 aromatic heterocycles. The Labute approximate surface area is 115 Å². The number of hydrogen-bond acceptors (Lipinski definition) is 2. The first-order valence-corrected chi connectivity index (χ1v) is 8.19. The van der Waals surface area contributed by atoms with Crippen molar-refractivity contribution in [3.8, 4) is 0 Å². The van der Waals surface area contributed by atoms with Crippen LogP contribution in [-0.2, 0) is 4.74 Å². The average molecular weight is 257 g/mol.